The molecule has 18 heavy (non-hydrogen) atoms. The predicted octanol–water partition coefficient (Wildman–Crippen LogP) is 2.45. The molecule has 1 aliphatic rings. The van der Waals surface area contributed by atoms with E-state index in [4.69, 9.17) is 11.6 Å². The van der Waals surface area contributed by atoms with E-state index < -0.39 is 0 Å². The number of para-hydroxylation sites is 1. The van der Waals surface area contributed by atoms with E-state index in [-0.39, 0.29) is 6.10 Å². The fourth-order valence-electron chi connectivity index (χ4n) is 2.44. The second-order valence-corrected chi connectivity index (χ2v) is 5.17. The van der Waals surface area contributed by atoms with Crippen LogP contribution in [0.15, 0.2) is 30.3 Å². The van der Waals surface area contributed by atoms with Gasteiger partial charge in [-0.2, -0.15) is 0 Å². The van der Waals surface area contributed by atoms with E-state index in [2.05, 4.69) is 16.0 Å². The Balaban J connectivity index is 1.89. The maximum Gasteiger partial charge on any atom is 0.134 e. The number of likely N-dealkylation sites (tertiary alicyclic amines) is 1. The van der Waals surface area contributed by atoms with Crippen molar-refractivity contribution in [1.82, 2.24) is 9.88 Å². The summed E-state index contributed by atoms with van der Waals surface area (Å²) >= 11 is 6.22. The van der Waals surface area contributed by atoms with Gasteiger partial charge in [-0.3, -0.25) is 4.90 Å². The van der Waals surface area contributed by atoms with Crippen LogP contribution in [-0.2, 0) is 6.54 Å². The van der Waals surface area contributed by atoms with Crippen LogP contribution < -0.4 is 0 Å². The predicted molar refractivity (Wildman–Crippen MR) is 72.7 cm³/mol. The van der Waals surface area contributed by atoms with E-state index in [1.54, 1.807) is 0 Å². The monoisotopic (exact) mass is 262 g/mol. The van der Waals surface area contributed by atoms with Crippen molar-refractivity contribution < 1.29 is 5.11 Å². The van der Waals surface area contributed by atoms with E-state index in [0.29, 0.717) is 5.15 Å². The average Bonchev–Trinajstić information content (AvgIpc) is 2.76. The van der Waals surface area contributed by atoms with Crippen LogP contribution in [0.5, 0.6) is 0 Å². The molecule has 3 rings (SSSR count). The second kappa shape index (κ2) is 4.84. The number of halogens is 1. The Hall–Kier alpha value is -1.16. The lowest BCUT2D eigenvalue weighted by Crippen LogP contribution is -2.21. The molecule has 0 bridgehead atoms. The summed E-state index contributed by atoms with van der Waals surface area (Å²) in [6, 6.07) is 10.1. The van der Waals surface area contributed by atoms with Crippen molar-refractivity contribution in [1.29, 1.82) is 0 Å². The normalized spacial score (nSPS) is 20.7. The van der Waals surface area contributed by atoms with Gasteiger partial charge in [0.1, 0.15) is 5.15 Å². The Bertz CT molecular complexity index is 573. The molecule has 1 aromatic carbocycles. The summed E-state index contributed by atoms with van der Waals surface area (Å²) in [6.07, 6.45) is 0.649. The van der Waals surface area contributed by atoms with Gasteiger partial charge in [-0.25, -0.2) is 4.98 Å². The molecule has 0 amide bonds. The largest absolute Gasteiger partial charge is 0.392 e. The first-order chi connectivity index (χ1) is 8.72. The summed E-state index contributed by atoms with van der Waals surface area (Å²) in [6.45, 7) is 2.40. The standard InChI is InChI=1S/C14H15ClN2O/c15-14-11(8-17-6-5-12(18)9-17)7-10-3-1-2-4-13(10)16-14/h1-4,7,12,18H,5-6,8-9H2/t12-/m0/s1. The zero-order valence-corrected chi connectivity index (χ0v) is 10.8. The van der Waals surface area contributed by atoms with Gasteiger partial charge in [0.05, 0.1) is 11.6 Å². The van der Waals surface area contributed by atoms with Gasteiger partial charge in [0.25, 0.3) is 0 Å². The first kappa shape index (κ1) is 11.9. The summed E-state index contributed by atoms with van der Waals surface area (Å²) in [5.41, 5.74) is 1.96. The highest BCUT2D eigenvalue weighted by Crippen LogP contribution is 2.23. The number of fused-ring (bicyclic) bond motifs is 1. The van der Waals surface area contributed by atoms with Crippen molar-refractivity contribution >= 4 is 22.5 Å². The number of hydrogen-bond donors (Lipinski definition) is 1. The molecule has 1 saturated heterocycles. The van der Waals surface area contributed by atoms with Crippen molar-refractivity contribution in [3.05, 3.63) is 41.0 Å². The summed E-state index contributed by atoms with van der Waals surface area (Å²) in [5.74, 6) is 0. The Labute approximate surface area is 111 Å². The number of hydrogen-bond acceptors (Lipinski definition) is 3. The lowest BCUT2D eigenvalue weighted by molar-refractivity contribution is 0.175. The SMILES string of the molecule is O[C@H]1CCN(Cc2cc3ccccc3nc2Cl)C1. The van der Waals surface area contributed by atoms with Gasteiger partial charge < -0.3 is 5.11 Å². The number of β-amino-alcohol motifs (C(OH)–C–C–N with tert-alkyl or cyclic N) is 1. The average molecular weight is 263 g/mol. The second-order valence-electron chi connectivity index (χ2n) is 4.81. The molecule has 2 aromatic rings. The molecule has 0 radical (unpaired) electrons. The molecular formula is C14H15ClN2O. The van der Waals surface area contributed by atoms with Gasteiger partial charge in [-0.1, -0.05) is 29.8 Å². The fourth-order valence-corrected chi connectivity index (χ4v) is 2.65. The Kier molecular flexibility index (Phi) is 3.20. The molecular weight excluding hydrogens is 248 g/mol. The third-order valence-electron chi connectivity index (χ3n) is 3.39. The van der Waals surface area contributed by atoms with Crippen LogP contribution in [0.4, 0.5) is 0 Å². The molecule has 94 valence electrons. The molecule has 1 aliphatic heterocycles. The number of benzene rings is 1. The van der Waals surface area contributed by atoms with Crippen molar-refractivity contribution in [3.8, 4) is 0 Å². The molecule has 1 aromatic heterocycles. The number of pyridine rings is 1. The molecule has 0 unspecified atom stereocenters. The van der Waals surface area contributed by atoms with Crippen molar-refractivity contribution in [2.75, 3.05) is 13.1 Å². The van der Waals surface area contributed by atoms with Crippen LogP contribution in [0.2, 0.25) is 5.15 Å². The maximum absolute atomic E-state index is 9.53. The number of rotatable bonds is 2. The van der Waals surface area contributed by atoms with Crippen LogP contribution in [0, 0.1) is 0 Å². The highest BCUT2D eigenvalue weighted by Gasteiger charge is 2.21. The van der Waals surface area contributed by atoms with Crippen molar-refractivity contribution in [2.24, 2.45) is 0 Å². The smallest absolute Gasteiger partial charge is 0.134 e. The lowest BCUT2D eigenvalue weighted by atomic mass is 10.1. The van der Waals surface area contributed by atoms with Gasteiger partial charge >= 0.3 is 0 Å². The summed E-state index contributed by atoms with van der Waals surface area (Å²) in [7, 11) is 0. The molecule has 0 saturated carbocycles. The van der Waals surface area contributed by atoms with Gasteiger partial charge in [-0.15, -0.1) is 0 Å². The molecule has 0 aliphatic carbocycles. The maximum atomic E-state index is 9.53. The highest BCUT2D eigenvalue weighted by atomic mass is 35.5. The molecule has 2 heterocycles. The fraction of sp³-hybridized carbons (Fsp3) is 0.357. The molecule has 4 heteroatoms. The summed E-state index contributed by atoms with van der Waals surface area (Å²) < 4.78 is 0. The van der Waals surface area contributed by atoms with Crippen molar-refractivity contribution in [3.63, 3.8) is 0 Å². The topological polar surface area (TPSA) is 36.4 Å². The first-order valence-corrected chi connectivity index (χ1v) is 6.55. The van der Waals surface area contributed by atoms with Gasteiger partial charge in [0, 0.05) is 30.6 Å². The van der Waals surface area contributed by atoms with Crippen LogP contribution in [0.3, 0.4) is 0 Å². The zero-order valence-electron chi connectivity index (χ0n) is 10.0. The Morgan fingerprint density at radius 2 is 2.22 bits per heavy atom. The third-order valence-corrected chi connectivity index (χ3v) is 3.72. The zero-order chi connectivity index (χ0) is 12.5. The highest BCUT2D eigenvalue weighted by molar-refractivity contribution is 6.30. The number of nitrogens with zero attached hydrogens (tertiary/aromatic N) is 2. The van der Waals surface area contributed by atoms with Crippen molar-refractivity contribution in [2.45, 2.75) is 19.1 Å². The molecule has 3 nitrogen and oxygen atoms in total. The summed E-state index contributed by atoms with van der Waals surface area (Å²) in [4.78, 5) is 6.62. The van der Waals surface area contributed by atoms with Gasteiger partial charge in [0.15, 0.2) is 0 Å². The molecule has 0 spiro atoms. The van der Waals surface area contributed by atoms with E-state index in [1.165, 1.54) is 0 Å². The minimum Gasteiger partial charge on any atom is -0.392 e. The Morgan fingerprint density at radius 3 is 3.00 bits per heavy atom. The van der Waals surface area contributed by atoms with E-state index >= 15 is 0 Å². The van der Waals surface area contributed by atoms with E-state index in [0.717, 1.165) is 42.5 Å². The van der Waals surface area contributed by atoms with E-state index in [1.807, 2.05) is 24.3 Å². The van der Waals surface area contributed by atoms with Crippen LogP contribution in [-0.4, -0.2) is 34.2 Å². The quantitative estimate of drug-likeness (QED) is 0.845. The van der Waals surface area contributed by atoms with Crippen LogP contribution in [0.1, 0.15) is 12.0 Å². The Morgan fingerprint density at radius 1 is 1.39 bits per heavy atom. The van der Waals surface area contributed by atoms with Gasteiger partial charge in [-0.05, 0) is 18.6 Å². The molecule has 1 fully saturated rings. The minimum atomic E-state index is -0.197. The first-order valence-electron chi connectivity index (χ1n) is 6.17. The minimum absolute atomic E-state index is 0.197. The number of aliphatic hydroxyl groups excluding tert-OH is 1. The molecule has 1 N–H and O–H groups in total. The van der Waals surface area contributed by atoms with Gasteiger partial charge in [0.2, 0.25) is 0 Å². The number of aromatic nitrogens is 1. The van der Waals surface area contributed by atoms with E-state index in [9.17, 15) is 5.11 Å². The third kappa shape index (κ3) is 2.34. The lowest BCUT2D eigenvalue weighted by Gasteiger charge is -2.16. The van der Waals surface area contributed by atoms with Crippen LogP contribution >= 0.6 is 11.6 Å². The molecule has 1 atom stereocenters. The van der Waals surface area contributed by atoms with Crippen LogP contribution in [0.25, 0.3) is 10.9 Å². The summed E-state index contributed by atoms with van der Waals surface area (Å²) in [5, 5.41) is 11.2. The number of aliphatic hydroxyl groups is 1.